The maximum atomic E-state index is 13.4. The monoisotopic (exact) mass is 227 g/mol. The van der Waals surface area contributed by atoms with E-state index in [-0.39, 0.29) is 11.2 Å². The highest BCUT2D eigenvalue weighted by Crippen LogP contribution is 2.33. The minimum Gasteiger partial charge on any atom is -0.480 e. The van der Waals surface area contributed by atoms with Crippen LogP contribution in [-0.4, -0.2) is 22.9 Å². The number of halogens is 1. The predicted octanol–water partition coefficient (Wildman–Crippen LogP) is 1.61. The molecule has 1 fully saturated rings. The highest BCUT2D eigenvalue weighted by Gasteiger charge is 2.31. The Morgan fingerprint density at radius 3 is 2.87 bits per heavy atom. The Hall–Kier alpha value is -1.07. The highest BCUT2D eigenvalue weighted by molar-refractivity contribution is 7.99. The van der Waals surface area contributed by atoms with E-state index in [0.29, 0.717) is 11.3 Å². The number of aliphatic carboxylic acids is 1. The van der Waals surface area contributed by atoms with Crippen molar-refractivity contribution in [2.24, 2.45) is 0 Å². The molecular formula is C10H10FNO2S. The minimum absolute atomic E-state index is 0.257. The van der Waals surface area contributed by atoms with Crippen LogP contribution in [0.5, 0.6) is 0 Å². The molecule has 0 aliphatic carbocycles. The summed E-state index contributed by atoms with van der Waals surface area (Å²) in [6.45, 7) is 0. The number of hydrogen-bond donors (Lipinski definition) is 2. The first-order valence-corrected chi connectivity index (χ1v) is 5.58. The maximum Gasteiger partial charge on any atom is 0.321 e. The van der Waals surface area contributed by atoms with Crippen molar-refractivity contribution in [1.82, 2.24) is 5.32 Å². The van der Waals surface area contributed by atoms with Crippen LogP contribution in [0.2, 0.25) is 0 Å². The van der Waals surface area contributed by atoms with Gasteiger partial charge in [0, 0.05) is 11.3 Å². The second-order valence-corrected chi connectivity index (χ2v) is 4.43. The molecule has 2 atom stereocenters. The Morgan fingerprint density at radius 1 is 1.53 bits per heavy atom. The summed E-state index contributed by atoms with van der Waals surface area (Å²) < 4.78 is 13.4. The third kappa shape index (κ3) is 2.13. The summed E-state index contributed by atoms with van der Waals surface area (Å²) in [5.41, 5.74) is 0.520. The smallest absolute Gasteiger partial charge is 0.321 e. The van der Waals surface area contributed by atoms with Crippen molar-refractivity contribution in [3.05, 3.63) is 35.6 Å². The van der Waals surface area contributed by atoms with Crippen LogP contribution < -0.4 is 5.32 Å². The molecule has 3 nitrogen and oxygen atoms in total. The predicted molar refractivity (Wildman–Crippen MR) is 56.2 cm³/mol. The first-order valence-electron chi connectivity index (χ1n) is 4.53. The molecule has 1 heterocycles. The summed E-state index contributed by atoms with van der Waals surface area (Å²) in [7, 11) is 0. The van der Waals surface area contributed by atoms with Crippen LogP contribution in [0.15, 0.2) is 24.3 Å². The number of hydrogen-bond acceptors (Lipinski definition) is 3. The molecule has 1 aliphatic heterocycles. The number of benzene rings is 1. The van der Waals surface area contributed by atoms with Gasteiger partial charge in [-0.05, 0) is 6.07 Å². The van der Waals surface area contributed by atoms with Crippen LogP contribution >= 0.6 is 11.8 Å². The van der Waals surface area contributed by atoms with E-state index >= 15 is 0 Å². The Morgan fingerprint density at radius 2 is 2.27 bits per heavy atom. The Balaban J connectivity index is 2.14. The van der Waals surface area contributed by atoms with Gasteiger partial charge >= 0.3 is 5.97 Å². The summed E-state index contributed by atoms with van der Waals surface area (Å²) in [4.78, 5) is 10.7. The summed E-state index contributed by atoms with van der Waals surface area (Å²) in [5.74, 6) is -0.719. The molecular weight excluding hydrogens is 217 g/mol. The normalized spacial score (nSPS) is 25.4. The molecule has 0 amide bonds. The van der Waals surface area contributed by atoms with Gasteiger partial charge in [-0.15, -0.1) is 11.8 Å². The fraction of sp³-hybridized carbons (Fsp3) is 0.300. The van der Waals surface area contributed by atoms with E-state index in [9.17, 15) is 9.18 Å². The second kappa shape index (κ2) is 4.20. The molecule has 15 heavy (non-hydrogen) atoms. The molecule has 1 saturated heterocycles. The first kappa shape index (κ1) is 10.4. The Kier molecular flexibility index (Phi) is 2.93. The lowest BCUT2D eigenvalue weighted by molar-refractivity contribution is -0.138. The summed E-state index contributed by atoms with van der Waals surface area (Å²) in [6, 6.07) is 5.83. The van der Waals surface area contributed by atoms with Crippen LogP contribution in [-0.2, 0) is 4.79 Å². The topological polar surface area (TPSA) is 49.3 Å². The molecule has 1 aliphatic rings. The van der Waals surface area contributed by atoms with Gasteiger partial charge in [-0.25, -0.2) is 4.39 Å². The standard InChI is InChI=1S/C10H10FNO2S/c11-7-4-2-1-3-6(7)9-12-8(5-15-9)10(13)14/h1-4,8-9,12H,5H2,(H,13,14)/t8-,9?/m0/s1. The number of thioether (sulfide) groups is 1. The molecule has 2 rings (SSSR count). The van der Waals surface area contributed by atoms with Crippen molar-refractivity contribution in [1.29, 1.82) is 0 Å². The van der Waals surface area contributed by atoms with Crippen molar-refractivity contribution in [3.63, 3.8) is 0 Å². The van der Waals surface area contributed by atoms with Crippen molar-refractivity contribution in [2.45, 2.75) is 11.4 Å². The molecule has 0 radical (unpaired) electrons. The number of carboxylic acids is 1. The summed E-state index contributed by atoms with van der Waals surface area (Å²) >= 11 is 1.41. The molecule has 5 heteroatoms. The number of carbonyl (C=O) groups is 1. The molecule has 0 saturated carbocycles. The van der Waals surface area contributed by atoms with E-state index in [1.807, 2.05) is 0 Å². The molecule has 0 bridgehead atoms. The molecule has 1 aromatic rings. The van der Waals surface area contributed by atoms with Crippen molar-refractivity contribution in [3.8, 4) is 0 Å². The lowest BCUT2D eigenvalue weighted by Gasteiger charge is -2.11. The van der Waals surface area contributed by atoms with Gasteiger partial charge in [0.25, 0.3) is 0 Å². The van der Waals surface area contributed by atoms with Crippen LogP contribution in [0.3, 0.4) is 0 Å². The van der Waals surface area contributed by atoms with Crippen molar-refractivity contribution >= 4 is 17.7 Å². The first-order chi connectivity index (χ1) is 7.18. The molecule has 2 N–H and O–H groups in total. The molecule has 0 spiro atoms. The molecule has 0 aromatic heterocycles. The van der Waals surface area contributed by atoms with Gasteiger partial charge in [-0.2, -0.15) is 0 Å². The van der Waals surface area contributed by atoms with Gasteiger partial charge in [-0.3, -0.25) is 10.1 Å². The summed E-state index contributed by atoms with van der Waals surface area (Å²) in [6.07, 6.45) is 0. The van der Waals surface area contributed by atoms with Gasteiger partial charge in [0.05, 0.1) is 5.37 Å². The zero-order valence-corrected chi connectivity index (χ0v) is 8.63. The third-order valence-electron chi connectivity index (χ3n) is 2.27. The molecule has 1 aromatic carbocycles. The lowest BCUT2D eigenvalue weighted by atomic mass is 10.2. The maximum absolute atomic E-state index is 13.4. The van der Waals surface area contributed by atoms with E-state index in [2.05, 4.69) is 5.32 Å². The summed E-state index contributed by atoms with van der Waals surface area (Å²) in [5, 5.41) is 11.4. The van der Waals surface area contributed by atoms with Gasteiger partial charge in [0.1, 0.15) is 11.9 Å². The molecule has 80 valence electrons. The highest BCUT2D eigenvalue weighted by atomic mass is 32.2. The van der Waals surface area contributed by atoms with Gasteiger partial charge < -0.3 is 5.11 Å². The van der Waals surface area contributed by atoms with E-state index in [0.717, 1.165) is 0 Å². The van der Waals surface area contributed by atoms with Gasteiger partial charge in [0.15, 0.2) is 0 Å². The lowest BCUT2D eigenvalue weighted by Crippen LogP contribution is -2.33. The van der Waals surface area contributed by atoms with E-state index in [4.69, 9.17) is 5.11 Å². The largest absolute Gasteiger partial charge is 0.480 e. The average Bonchev–Trinajstić information content (AvgIpc) is 2.67. The van der Waals surface area contributed by atoms with E-state index in [1.54, 1.807) is 18.2 Å². The van der Waals surface area contributed by atoms with Crippen LogP contribution in [0.25, 0.3) is 0 Å². The van der Waals surface area contributed by atoms with Crippen LogP contribution in [0, 0.1) is 5.82 Å². The average molecular weight is 227 g/mol. The fourth-order valence-electron chi connectivity index (χ4n) is 1.48. The third-order valence-corrected chi connectivity index (χ3v) is 3.52. The van der Waals surface area contributed by atoms with Crippen LogP contribution in [0.4, 0.5) is 4.39 Å². The number of carboxylic acid groups (broad SMARTS) is 1. The van der Waals surface area contributed by atoms with E-state index < -0.39 is 12.0 Å². The van der Waals surface area contributed by atoms with Crippen molar-refractivity contribution < 1.29 is 14.3 Å². The Bertz CT molecular complexity index is 385. The SMILES string of the molecule is O=C(O)[C@@H]1CSC(c2ccccc2F)N1. The number of nitrogens with one attached hydrogen (secondary N) is 1. The Labute approximate surface area is 90.7 Å². The fourth-order valence-corrected chi connectivity index (χ4v) is 2.74. The second-order valence-electron chi connectivity index (χ2n) is 3.29. The zero-order valence-electron chi connectivity index (χ0n) is 7.81. The van der Waals surface area contributed by atoms with Gasteiger partial charge in [0.2, 0.25) is 0 Å². The number of rotatable bonds is 2. The van der Waals surface area contributed by atoms with Gasteiger partial charge in [-0.1, -0.05) is 18.2 Å². The zero-order chi connectivity index (χ0) is 10.8. The van der Waals surface area contributed by atoms with Crippen molar-refractivity contribution in [2.75, 3.05) is 5.75 Å². The quantitative estimate of drug-likeness (QED) is 0.806. The molecule has 1 unspecified atom stereocenters. The van der Waals surface area contributed by atoms with E-state index in [1.165, 1.54) is 17.8 Å². The van der Waals surface area contributed by atoms with Crippen LogP contribution in [0.1, 0.15) is 10.9 Å². The minimum atomic E-state index is -0.888.